The summed E-state index contributed by atoms with van der Waals surface area (Å²) in [7, 11) is 2.03. The molecule has 0 aromatic heterocycles. The van der Waals surface area contributed by atoms with E-state index >= 15 is 0 Å². The summed E-state index contributed by atoms with van der Waals surface area (Å²) in [6.45, 7) is 4.26. The second-order valence-electron chi connectivity index (χ2n) is 6.17. The summed E-state index contributed by atoms with van der Waals surface area (Å²) in [4.78, 5) is 0. The van der Waals surface area contributed by atoms with Gasteiger partial charge in [0.15, 0.2) is 0 Å². The van der Waals surface area contributed by atoms with Crippen LogP contribution >= 0.6 is 0 Å². The van der Waals surface area contributed by atoms with Gasteiger partial charge in [-0.05, 0) is 50.1 Å². The van der Waals surface area contributed by atoms with E-state index in [0.717, 1.165) is 12.0 Å². The van der Waals surface area contributed by atoms with Gasteiger partial charge >= 0.3 is 0 Å². The maximum atomic E-state index is 13.1. The first-order valence-electron chi connectivity index (χ1n) is 8.59. The van der Waals surface area contributed by atoms with Crippen molar-refractivity contribution in [3.8, 4) is 0 Å². The molecule has 1 aromatic rings. The van der Waals surface area contributed by atoms with Crippen LogP contribution < -0.4 is 5.32 Å². The quantitative estimate of drug-likeness (QED) is 0.538. The summed E-state index contributed by atoms with van der Waals surface area (Å²) < 4.78 is 13.1. The molecule has 0 saturated heterocycles. The molecule has 0 amide bonds. The molecular weight excluding hydrogens is 261 g/mol. The molecule has 1 aromatic carbocycles. The number of aryl methyl sites for hydroxylation is 1. The smallest absolute Gasteiger partial charge is 0.123 e. The Morgan fingerprint density at radius 3 is 2.33 bits per heavy atom. The summed E-state index contributed by atoms with van der Waals surface area (Å²) in [5.74, 6) is -0.135. The molecule has 1 rings (SSSR count). The summed E-state index contributed by atoms with van der Waals surface area (Å²) >= 11 is 0. The Balaban J connectivity index is 2.25. The number of likely N-dealkylation sites (N-methyl/N-ethyl adjacent to an activating group) is 1. The molecule has 1 atom stereocenters. The van der Waals surface area contributed by atoms with Gasteiger partial charge in [0.25, 0.3) is 0 Å². The van der Waals surface area contributed by atoms with E-state index in [1.54, 1.807) is 12.1 Å². The van der Waals surface area contributed by atoms with Crippen molar-refractivity contribution in [1.82, 2.24) is 5.32 Å². The van der Waals surface area contributed by atoms with Crippen LogP contribution in [0.25, 0.3) is 0 Å². The average molecular weight is 293 g/mol. The fourth-order valence-electron chi connectivity index (χ4n) is 2.85. The second-order valence-corrected chi connectivity index (χ2v) is 6.17. The van der Waals surface area contributed by atoms with Crippen LogP contribution in [0.3, 0.4) is 0 Å². The van der Waals surface area contributed by atoms with E-state index < -0.39 is 0 Å². The highest BCUT2D eigenvalue weighted by Crippen LogP contribution is 2.16. The lowest BCUT2D eigenvalue weighted by atomic mass is 9.97. The van der Waals surface area contributed by atoms with E-state index in [4.69, 9.17) is 0 Å². The maximum absolute atomic E-state index is 13.1. The van der Waals surface area contributed by atoms with Gasteiger partial charge in [-0.15, -0.1) is 0 Å². The van der Waals surface area contributed by atoms with E-state index in [9.17, 15) is 4.39 Å². The Kier molecular flexibility index (Phi) is 9.32. The molecule has 0 aliphatic carbocycles. The van der Waals surface area contributed by atoms with Crippen molar-refractivity contribution < 1.29 is 4.39 Å². The molecule has 1 N–H and O–H groups in total. The third-order valence-corrected chi connectivity index (χ3v) is 4.34. The molecule has 0 fully saturated rings. The van der Waals surface area contributed by atoms with Gasteiger partial charge in [0.05, 0.1) is 0 Å². The molecule has 1 nitrogen and oxygen atoms in total. The van der Waals surface area contributed by atoms with Gasteiger partial charge in [0, 0.05) is 6.04 Å². The number of nitrogens with one attached hydrogen (secondary N) is 1. The number of hydrogen-bond acceptors (Lipinski definition) is 1. The fraction of sp³-hybridized carbons (Fsp3) is 0.684. The third kappa shape index (κ3) is 7.61. The van der Waals surface area contributed by atoms with Crippen molar-refractivity contribution in [2.45, 2.75) is 77.7 Å². The number of hydrogen-bond donors (Lipinski definition) is 1. The molecule has 0 bridgehead atoms. The first-order valence-corrected chi connectivity index (χ1v) is 8.59. The van der Waals surface area contributed by atoms with Gasteiger partial charge in [-0.3, -0.25) is 0 Å². The minimum Gasteiger partial charge on any atom is -0.317 e. The first kappa shape index (κ1) is 18.2. The van der Waals surface area contributed by atoms with Crippen LogP contribution in [0.5, 0.6) is 0 Å². The zero-order valence-electron chi connectivity index (χ0n) is 14.1. The number of rotatable bonds is 11. The van der Waals surface area contributed by atoms with Crippen LogP contribution in [0, 0.1) is 12.7 Å². The Bertz CT molecular complexity index is 389. The highest BCUT2D eigenvalue weighted by Gasteiger charge is 2.09. The van der Waals surface area contributed by atoms with Crippen molar-refractivity contribution in [2.24, 2.45) is 0 Å². The Hall–Kier alpha value is -0.890. The van der Waals surface area contributed by atoms with Crippen LogP contribution in [-0.2, 0) is 6.42 Å². The number of benzene rings is 1. The molecule has 0 heterocycles. The average Bonchev–Trinajstić information content (AvgIpc) is 2.47. The summed E-state index contributed by atoms with van der Waals surface area (Å²) in [6, 6.07) is 5.64. The van der Waals surface area contributed by atoms with E-state index in [2.05, 4.69) is 12.2 Å². The van der Waals surface area contributed by atoms with E-state index in [0.29, 0.717) is 6.04 Å². The standard InChI is InChI=1S/C19H32FN/c1-4-5-6-7-8-9-10-11-19(21-3)15-17-12-13-18(20)14-16(17)2/h12-14,19,21H,4-11,15H2,1-3H3. The predicted octanol–water partition coefficient (Wildman–Crippen LogP) is 5.41. The van der Waals surface area contributed by atoms with Gasteiger partial charge in [-0.2, -0.15) is 0 Å². The predicted molar refractivity (Wildman–Crippen MR) is 90.3 cm³/mol. The molecule has 0 aliphatic heterocycles. The van der Waals surface area contributed by atoms with Crippen LogP contribution in [0.2, 0.25) is 0 Å². The van der Waals surface area contributed by atoms with Gasteiger partial charge in [0.2, 0.25) is 0 Å². The lowest BCUT2D eigenvalue weighted by Gasteiger charge is -2.17. The minimum atomic E-state index is -0.135. The molecule has 0 radical (unpaired) electrons. The van der Waals surface area contributed by atoms with Gasteiger partial charge in [-0.1, -0.05) is 57.9 Å². The monoisotopic (exact) mass is 293 g/mol. The van der Waals surface area contributed by atoms with Gasteiger partial charge in [-0.25, -0.2) is 4.39 Å². The molecule has 120 valence electrons. The fourth-order valence-corrected chi connectivity index (χ4v) is 2.85. The maximum Gasteiger partial charge on any atom is 0.123 e. The van der Waals surface area contributed by atoms with Crippen LogP contribution in [0.4, 0.5) is 4.39 Å². The third-order valence-electron chi connectivity index (χ3n) is 4.34. The topological polar surface area (TPSA) is 12.0 Å². The Morgan fingerprint density at radius 2 is 1.71 bits per heavy atom. The lowest BCUT2D eigenvalue weighted by Crippen LogP contribution is -2.27. The zero-order chi connectivity index (χ0) is 15.5. The Labute approximate surface area is 130 Å². The van der Waals surface area contributed by atoms with E-state index in [1.807, 2.05) is 20.0 Å². The number of halogens is 1. The highest BCUT2D eigenvalue weighted by molar-refractivity contribution is 5.27. The van der Waals surface area contributed by atoms with E-state index in [-0.39, 0.29) is 5.82 Å². The van der Waals surface area contributed by atoms with Crippen molar-refractivity contribution in [2.75, 3.05) is 7.05 Å². The molecule has 21 heavy (non-hydrogen) atoms. The minimum absolute atomic E-state index is 0.135. The molecular formula is C19H32FN. The van der Waals surface area contributed by atoms with Crippen molar-refractivity contribution in [3.05, 3.63) is 35.1 Å². The van der Waals surface area contributed by atoms with Crippen LogP contribution in [0.15, 0.2) is 18.2 Å². The molecule has 0 spiro atoms. The molecule has 0 aliphatic rings. The Morgan fingerprint density at radius 1 is 1.05 bits per heavy atom. The highest BCUT2D eigenvalue weighted by atomic mass is 19.1. The normalized spacial score (nSPS) is 12.6. The van der Waals surface area contributed by atoms with Crippen molar-refractivity contribution >= 4 is 0 Å². The van der Waals surface area contributed by atoms with E-state index in [1.165, 1.54) is 56.9 Å². The SMILES string of the molecule is CCCCCCCCCC(Cc1ccc(F)cc1C)NC. The van der Waals surface area contributed by atoms with Crippen LogP contribution in [-0.4, -0.2) is 13.1 Å². The lowest BCUT2D eigenvalue weighted by molar-refractivity contribution is 0.477. The second kappa shape index (κ2) is 10.8. The van der Waals surface area contributed by atoms with Gasteiger partial charge in [0.1, 0.15) is 5.82 Å². The summed E-state index contributed by atoms with van der Waals surface area (Å²) in [6.07, 6.45) is 11.7. The van der Waals surface area contributed by atoms with Crippen molar-refractivity contribution in [1.29, 1.82) is 0 Å². The summed E-state index contributed by atoms with van der Waals surface area (Å²) in [5.41, 5.74) is 2.33. The number of unbranched alkanes of at least 4 members (excludes halogenated alkanes) is 6. The van der Waals surface area contributed by atoms with Gasteiger partial charge < -0.3 is 5.32 Å². The largest absolute Gasteiger partial charge is 0.317 e. The summed E-state index contributed by atoms with van der Waals surface area (Å²) in [5, 5.41) is 3.41. The van der Waals surface area contributed by atoms with Crippen LogP contribution in [0.1, 0.15) is 69.4 Å². The molecule has 1 unspecified atom stereocenters. The zero-order valence-corrected chi connectivity index (χ0v) is 14.1. The molecule has 0 saturated carbocycles. The van der Waals surface area contributed by atoms with Crippen molar-refractivity contribution in [3.63, 3.8) is 0 Å². The molecule has 2 heteroatoms. The first-order chi connectivity index (χ1) is 10.2.